The van der Waals surface area contributed by atoms with Gasteiger partial charge in [0.15, 0.2) is 0 Å². The van der Waals surface area contributed by atoms with Gasteiger partial charge in [-0.3, -0.25) is 0 Å². The summed E-state index contributed by atoms with van der Waals surface area (Å²) in [7, 11) is 1.63. The molecule has 6 heteroatoms. The van der Waals surface area contributed by atoms with Crippen LogP contribution in [0.3, 0.4) is 0 Å². The third-order valence-corrected chi connectivity index (χ3v) is 2.81. The minimum absolute atomic E-state index is 0.175. The van der Waals surface area contributed by atoms with Crippen molar-refractivity contribution in [1.29, 1.82) is 0 Å². The zero-order chi connectivity index (χ0) is 14.5. The molecule has 0 saturated heterocycles. The number of ether oxygens (including phenoxy) is 1. The summed E-state index contributed by atoms with van der Waals surface area (Å²) < 4.78 is 6.69. The molecule has 0 radical (unpaired) electrons. The van der Waals surface area contributed by atoms with Crippen LogP contribution in [0.2, 0.25) is 0 Å². The van der Waals surface area contributed by atoms with Crippen molar-refractivity contribution in [1.82, 2.24) is 14.8 Å². The Morgan fingerprint density at radius 2 is 2.25 bits per heavy atom. The van der Waals surface area contributed by atoms with Gasteiger partial charge in [-0.1, -0.05) is 19.1 Å². The van der Waals surface area contributed by atoms with Crippen molar-refractivity contribution in [3.05, 3.63) is 41.5 Å². The molecule has 0 aliphatic heterocycles. The van der Waals surface area contributed by atoms with E-state index in [1.165, 1.54) is 0 Å². The van der Waals surface area contributed by atoms with E-state index < -0.39 is 5.97 Å². The molecule has 0 aliphatic carbocycles. The number of nitrogens with zero attached hydrogens (tertiary/aromatic N) is 3. The monoisotopic (exact) mass is 275 g/mol. The Balaban J connectivity index is 2.44. The van der Waals surface area contributed by atoms with Gasteiger partial charge in [-0.05, 0) is 24.1 Å². The Labute approximate surface area is 117 Å². The van der Waals surface area contributed by atoms with Crippen LogP contribution in [0.4, 0.5) is 0 Å². The van der Waals surface area contributed by atoms with Crippen molar-refractivity contribution < 1.29 is 14.6 Å². The third kappa shape index (κ3) is 3.03. The second kappa shape index (κ2) is 6.29. The molecule has 0 atom stereocenters. The van der Waals surface area contributed by atoms with Gasteiger partial charge < -0.3 is 9.84 Å². The molecule has 0 unspecified atom stereocenters. The largest absolute Gasteiger partial charge is 0.475 e. The van der Waals surface area contributed by atoms with E-state index in [9.17, 15) is 4.79 Å². The summed E-state index contributed by atoms with van der Waals surface area (Å²) >= 11 is 0. The molecule has 0 aliphatic rings. The number of hydrogen-bond acceptors (Lipinski definition) is 4. The van der Waals surface area contributed by atoms with Crippen LogP contribution in [0.5, 0.6) is 0 Å². The number of aromatic carboxylic acids is 1. The molecule has 1 aromatic heterocycles. The topological polar surface area (TPSA) is 77.2 Å². The van der Waals surface area contributed by atoms with Gasteiger partial charge in [0.1, 0.15) is 5.82 Å². The van der Waals surface area contributed by atoms with Gasteiger partial charge in [-0.15, -0.1) is 5.10 Å². The number of carboxylic acids is 1. The first-order valence-corrected chi connectivity index (χ1v) is 6.43. The Bertz CT molecular complexity index is 607. The highest BCUT2D eigenvalue weighted by molar-refractivity contribution is 5.83. The predicted octanol–water partition coefficient (Wildman–Crippen LogP) is 2.06. The molecular weight excluding hydrogens is 258 g/mol. The number of carbonyl (C=O) groups is 1. The number of carboxylic acid groups (broad SMARTS) is 1. The van der Waals surface area contributed by atoms with Crippen molar-refractivity contribution in [2.45, 2.75) is 26.4 Å². The first-order chi connectivity index (χ1) is 9.65. The van der Waals surface area contributed by atoms with Crippen LogP contribution in [0.25, 0.3) is 5.69 Å². The lowest BCUT2D eigenvalue weighted by molar-refractivity contribution is 0.0683. The molecule has 0 fully saturated rings. The molecule has 0 amide bonds. The van der Waals surface area contributed by atoms with Crippen molar-refractivity contribution in [3.63, 3.8) is 0 Å². The SMILES string of the molecule is CCCc1nc(C(=O)O)nn1-c1cccc(COC)c1. The minimum atomic E-state index is -1.12. The van der Waals surface area contributed by atoms with Gasteiger partial charge in [0.25, 0.3) is 5.82 Å². The van der Waals surface area contributed by atoms with Gasteiger partial charge >= 0.3 is 5.97 Å². The normalized spacial score (nSPS) is 10.7. The van der Waals surface area contributed by atoms with Gasteiger partial charge in [0.2, 0.25) is 0 Å². The predicted molar refractivity (Wildman–Crippen MR) is 73.0 cm³/mol. The minimum Gasteiger partial charge on any atom is -0.475 e. The van der Waals surface area contributed by atoms with E-state index >= 15 is 0 Å². The highest BCUT2D eigenvalue weighted by atomic mass is 16.5. The van der Waals surface area contributed by atoms with E-state index in [1.54, 1.807) is 11.8 Å². The highest BCUT2D eigenvalue weighted by Crippen LogP contribution is 2.14. The lowest BCUT2D eigenvalue weighted by atomic mass is 10.2. The smallest absolute Gasteiger partial charge is 0.375 e. The zero-order valence-electron chi connectivity index (χ0n) is 11.5. The maximum absolute atomic E-state index is 11.0. The fourth-order valence-electron chi connectivity index (χ4n) is 1.97. The fraction of sp³-hybridized carbons (Fsp3) is 0.357. The summed E-state index contributed by atoms with van der Waals surface area (Å²) in [5.74, 6) is -0.640. The number of benzene rings is 1. The highest BCUT2D eigenvalue weighted by Gasteiger charge is 2.16. The van der Waals surface area contributed by atoms with Crippen LogP contribution < -0.4 is 0 Å². The lowest BCUT2D eigenvalue weighted by Gasteiger charge is -2.07. The van der Waals surface area contributed by atoms with Crippen molar-refractivity contribution in [2.24, 2.45) is 0 Å². The molecule has 2 rings (SSSR count). The van der Waals surface area contributed by atoms with Gasteiger partial charge in [-0.2, -0.15) is 0 Å². The summed E-state index contributed by atoms with van der Waals surface area (Å²) in [5.41, 5.74) is 1.79. The van der Waals surface area contributed by atoms with Crippen molar-refractivity contribution >= 4 is 5.97 Å². The number of methoxy groups -OCH3 is 1. The van der Waals surface area contributed by atoms with Gasteiger partial charge in [0, 0.05) is 13.5 Å². The average Bonchev–Trinajstić information content (AvgIpc) is 2.84. The maximum atomic E-state index is 11.0. The second-order valence-corrected chi connectivity index (χ2v) is 4.42. The van der Waals surface area contributed by atoms with Gasteiger partial charge in [0.05, 0.1) is 12.3 Å². The summed E-state index contributed by atoms with van der Waals surface area (Å²) in [4.78, 5) is 15.1. The van der Waals surface area contributed by atoms with E-state index in [4.69, 9.17) is 9.84 Å². The van der Waals surface area contributed by atoms with Crippen LogP contribution in [-0.2, 0) is 17.8 Å². The molecule has 1 N–H and O–H groups in total. The molecule has 1 aromatic carbocycles. The Hall–Kier alpha value is -2.21. The third-order valence-electron chi connectivity index (χ3n) is 2.81. The summed E-state index contributed by atoms with van der Waals surface area (Å²) in [6.07, 6.45) is 1.55. The van der Waals surface area contributed by atoms with E-state index in [0.29, 0.717) is 18.9 Å². The van der Waals surface area contributed by atoms with Crippen molar-refractivity contribution in [3.8, 4) is 5.69 Å². The quantitative estimate of drug-likeness (QED) is 0.873. The number of aryl methyl sites for hydroxylation is 1. The van der Waals surface area contributed by atoms with Crippen LogP contribution in [-0.4, -0.2) is 33.0 Å². The standard InChI is InChI=1S/C14H17N3O3/c1-3-5-12-15-13(14(18)19)16-17(12)11-7-4-6-10(8-11)9-20-2/h4,6-8H,3,5,9H2,1-2H3,(H,18,19). The lowest BCUT2D eigenvalue weighted by Crippen LogP contribution is -2.04. The van der Waals surface area contributed by atoms with Crippen LogP contribution in [0, 0.1) is 0 Å². The zero-order valence-corrected chi connectivity index (χ0v) is 11.5. The first kappa shape index (κ1) is 14.2. The molecule has 106 valence electrons. The maximum Gasteiger partial charge on any atom is 0.375 e. The second-order valence-electron chi connectivity index (χ2n) is 4.42. The Kier molecular flexibility index (Phi) is 4.47. The van der Waals surface area contributed by atoms with E-state index in [1.807, 2.05) is 31.2 Å². The van der Waals surface area contributed by atoms with E-state index in [2.05, 4.69) is 10.1 Å². The summed E-state index contributed by atoms with van der Waals surface area (Å²) in [6, 6.07) is 7.63. The molecular formula is C14H17N3O3. The fourth-order valence-corrected chi connectivity index (χ4v) is 1.97. The summed E-state index contributed by atoms with van der Waals surface area (Å²) in [6.45, 7) is 2.51. The van der Waals surface area contributed by atoms with Gasteiger partial charge in [-0.25, -0.2) is 14.5 Å². The number of aromatic nitrogens is 3. The Morgan fingerprint density at radius 1 is 1.45 bits per heavy atom. The molecule has 1 heterocycles. The molecule has 0 bridgehead atoms. The average molecular weight is 275 g/mol. The van der Waals surface area contributed by atoms with E-state index in [-0.39, 0.29) is 5.82 Å². The van der Waals surface area contributed by atoms with E-state index in [0.717, 1.165) is 17.7 Å². The Morgan fingerprint density at radius 3 is 2.90 bits per heavy atom. The molecule has 0 saturated carbocycles. The van der Waals surface area contributed by atoms with Crippen LogP contribution >= 0.6 is 0 Å². The molecule has 0 spiro atoms. The van der Waals surface area contributed by atoms with Crippen LogP contribution in [0.1, 0.15) is 35.4 Å². The number of hydrogen-bond donors (Lipinski definition) is 1. The van der Waals surface area contributed by atoms with Crippen molar-refractivity contribution in [2.75, 3.05) is 7.11 Å². The molecule has 20 heavy (non-hydrogen) atoms. The molecule has 2 aromatic rings. The molecule has 6 nitrogen and oxygen atoms in total. The first-order valence-electron chi connectivity index (χ1n) is 6.43. The van der Waals surface area contributed by atoms with Crippen LogP contribution in [0.15, 0.2) is 24.3 Å². The number of rotatable bonds is 6. The summed E-state index contributed by atoms with van der Waals surface area (Å²) in [5, 5.41) is 13.1.